The highest BCUT2D eigenvalue weighted by Gasteiger charge is 2.46. The van der Waals surface area contributed by atoms with E-state index < -0.39 is 17.7 Å². The molecule has 1 atom stereocenters. The minimum atomic E-state index is -0.744. The van der Waals surface area contributed by atoms with Crippen molar-refractivity contribution >= 4 is 28.4 Å². The van der Waals surface area contributed by atoms with Gasteiger partial charge in [0.05, 0.1) is 25.8 Å². The van der Waals surface area contributed by atoms with E-state index in [0.29, 0.717) is 36.6 Å². The summed E-state index contributed by atoms with van der Waals surface area (Å²) in [6, 6.07) is 11.7. The van der Waals surface area contributed by atoms with E-state index in [4.69, 9.17) is 14.2 Å². The smallest absolute Gasteiger partial charge is 0.295 e. The van der Waals surface area contributed by atoms with Crippen LogP contribution in [0.1, 0.15) is 23.6 Å². The first-order valence-corrected chi connectivity index (χ1v) is 10.6. The number of Topliss-reactive ketones (excluding diaryl/α,β-unsaturated/α-hetero) is 1. The number of ketones is 1. The summed E-state index contributed by atoms with van der Waals surface area (Å²) in [6.45, 7) is 0.755. The van der Waals surface area contributed by atoms with Crippen LogP contribution in [0.4, 0.5) is 0 Å². The lowest BCUT2D eigenvalue weighted by atomic mass is 9.94. The molecule has 2 heterocycles. The van der Waals surface area contributed by atoms with Gasteiger partial charge in [0, 0.05) is 48.5 Å². The number of carbonyl (C=O) groups excluding carboxylic acids is 2. The molecular weight excluding hydrogens is 424 g/mol. The number of aromatic nitrogens is 1. The average molecular weight is 450 g/mol. The standard InChI is InChI=1S/C25H26N2O6/c1-31-12-6-11-27-22(17-14-26-18-8-5-4-7-16(17)18)21(24(29)25(27)30)23(28)15-9-10-19(32-2)20(13-15)33-3/h4-5,7-10,13-14,22,26,28H,6,11-12H2,1-3H3/b23-21+. The van der Waals surface area contributed by atoms with Crippen LogP contribution in [-0.2, 0) is 14.3 Å². The minimum Gasteiger partial charge on any atom is -0.507 e. The van der Waals surface area contributed by atoms with E-state index in [-0.39, 0.29) is 11.3 Å². The zero-order chi connectivity index (χ0) is 23.5. The number of aliphatic hydroxyl groups excluding tert-OH is 1. The molecule has 3 aromatic rings. The largest absolute Gasteiger partial charge is 0.507 e. The SMILES string of the molecule is COCCCN1C(=O)C(=O)/C(=C(/O)c2ccc(OC)c(OC)c2)C1c1c[nH]c2ccccc12. The van der Waals surface area contributed by atoms with Gasteiger partial charge in [0.1, 0.15) is 5.76 Å². The molecule has 8 nitrogen and oxygen atoms in total. The molecule has 2 aromatic carbocycles. The molecule has 1 aromatic heterocycles. The Morgan fingerprint density at radius 3 is 2.55 bits per heavy atom. The van der Waals surface area contributed by atoms with Crippen molar-refractivity contribution in [2.45, 2.75) is 12.5 Å². The molecule has 172 valence electrons. The zero-order valence-corrected chi connectivity index (χ0v) is 18.8. The lowest BCUT2D eigenvalue weighted by Crippen LogP contribution is -2.31. The molecule has 1 aliphatic rings. The van der Waals surface area contributed by atoms with Crippen LogP contribution in [0.2, 0.25) is 0 Å². The van der Waals surface area contributed by atoms with E-state index in [2.05, 4.69) is 4.98 Å². The van der Waals surface area contributed by atoms with Gasteiger partial charge in [-0.05, 0) is 30.7 Å². The van der Waals surface area contributed by atoms with Gasteiger partial charge in [-0.3, -0.25) is 9.59 Å². The van der Waals surface area contributed by atoms with Crippen molar-refractivity contribution < 1.29 is 28.9 Å². The summed E-state index contributed by atoms with van der Waals surface area (Å²) in [7, 11) is 4.59. The third-order valence-electron chi connectivity index (χ3n) is 5.86. The van der Waals surface area contributed by atoms with Crippen LogP contribution in [0.15, 0.2) is 54.2 Å². The van der Waals surface area contributed by atoms with Gasteiger partial charge in [-0.2, -0.15) is 0 Å². The molecule has 1 saturated heterocycles. The van der Waals surface area contributed by atoms with E-state index in [1.807, 2.05) is 24.3 Å². The Balaban J connectivity index is 1.89. The Morgan fingerprint density at radius 2 is 1.82 bits per heavy atom. The second-order valence-electron chi connectivity index (χ2n) is 7.70. The summed E-state index contributed by atoms with van der Waals surface area (Å²) >= 11 is 0. The Morgan fingerprint density at radius 1 is 1.06 bits per heavy atom. The summed E-state index contributed by atoms with van der Waals surface area (Å²) in [4.78, 5) is 30.9. The zero-order valence-electron chi connectivity index (χ0n) is 18.8. The lowest BCUT2D eigenvalue weighted by Gasteiger charge is -2.24. The van der Waals surface area contributed by atoms with Gasteiger partial charge >= 0.3 is 0 Å². The third-order valence-corrected chi connectivity index (χ3v) is 5.86. The van der Waals surface area contributed by atoms with Crippen molar-refractivity contribution in [2.24, 2.45) is 0 Å². The predicted octanol–water partition coefficient (Wildman–Crippen LogP) is 3.64. The van der Waals surface area contributed by atoms with Crippen LogP contribution in [0.5, 0.6) is 11.5 Å². The maximum Gasteiger partial charge on any atom is 0.295 e. The number of amides is 1. The second-order valence-corrected chi connectivity index (χ2v) is 7.70. The van der Waals surface area contributed by atoms with E-state index in [9.17, 15) is 14.7 Å². The minimum absolute atomic E-state index is 0.0365. The number of methoxy groups -OCH3 is 3. The van der Waals surface area contributed by atoms with Crippen LogP contribution >= 0.6 is 0 Å². The first-order valence-electron chi connectivity index (χ1n) is 10.6. The summed E-state index contributed by atoms with van der Waals surface area (Å²) in [5.41, 5.74) is 2.01. The van der Waals surface area contributed by atoms with Crippen LogP contribution in [0.25, 0.3) is 16.7 Å². The topological polar surface area (TPSA) is 101 Å². The van der Waals surface area contributed by atoms with Crippen LogP contribution < -0.4 is 9.47 Å². The quantitative estimate of drug-likeness (QED) is 0.235. The van der Waals surface area contributed by atoms with Crippen LogP contribution in [-0.4, -0.2) is 61.2 Å². The fraction of sp³-hybridized carbons (Fsp3) is 0.280. The highest BCUT2D eigenvalue weighted by Crippen LogP contribution is 2.42. The maximum absolute atomic E-state index is 13.2. The molecule has 1 amide bonds. The number of para-hydroxylation sites is 1. The maximum atomic E-state index is 13.2. The van der Waals surface area contributed by atoms with Crippen molar-refractivity contribution in [1.29, 1.82) is 0 Å². The average Bonchev–Trinajstić information content (AvgIpc) is 3.37. The second kappa shape index (κ2) is 9.38. The number of nitrogens with zero attached hydrogens (tertiary/aromatic N) is 1. The molecule has 1 aliphatic heterocycles. The Labute approximate surface area is 191 Å². The summed E-state index contributed by atoms with van der Waals surface area (Å²) < 4.78 is 15.7. The van der Waals surface area contributed by atoms with E-state index >= 15 is 0 Å². The van der Waals surface area contributed by atoms with Crippen molar-refractivity contribution in [3.63, 3.8) is 0 Å². The molecule has 0 radical (unpaired) electrons. The molecule has 4 rings (SSSR count). The van der Waals surface area contributed by atoms with Gasteiger partial charge < -0.3 is 29.2 Å². The van der Waals surface area contributed by atoms with Gasteiger partial charge in [0.2, 0.25) is 0 Å². The highest BCUT2D eigenvalue weighted by molar-refractivity contribution is 6.46. The molecule has 0 aliphatic carbocycles. The van der Waals surface area contributed by atoms with Crippen molar-refractivity contribution in [2.75, 3.05) is 34.5 Å². The molecule has 2 N–H and O–H groups in total. The lowest BCUT2D eigenvalue weighted by molar-refractivity contribution is -0.140. The fourth-order valence-electron chi connectivity index (χ4n) is 4.27. The number of aromatic amines is 1. The molecule has 33 heavy (non-hydrogen) atoms. The molecule has 1 unspecified atom stereocenters. The fourth-order valence-corrected chi connectivity index (χ4v) is 4.27. The first-order chi connectivity index (χ1) is 16.0. The number of nitrogens with one attached hydrogen (secondary N) is 1. The molecule has 0 saturated carbocycles. The first kappa shape index (κ1) is 22.4. The van der Waals surface area contributed by atoms with Gasteiger partial charge in [-0.15, -0.1) is 0 Å². The molecule has 1 fully saturated rings. The number of aliphatic hydroxyl groups is 1. The van der Waals surface area contributed by atoms with Crippen molar-refractivity contribution in [3.8, 4) is 11.5 Å². The summed E-state index contributed by atoms with van der Waals surface area (Å²) in [5.74, 6) is -0.751. The number of benzene rings is 2. The Bertz CT molecular complexity index is 1230. The number of ether oxygens (including phenoxy) is 3. The summed E-state index contributed by atoms with van der Waals surface area (Å²) in [6.07, 6.45) is 2.34. The number of likely N-dealkylation sites (tertiary alicyclic amines) is 1. The number of hydrogen-bond donors (Lipinski definition) is 2. The third kappa shape index (κ3) is 3.93. The van der Waals surface area contributed by atoms with Gasteiger partial charge in [-0.25, -0.2) is 0 Å². The number of fused-ring (bicyclic) bond motifs is 1. The van der Waals surface area contributed by atoms with Gasteiger partial charge in [0.25, 0.3) is 11.7 Å². The van der Waals surface area contributed by atoms with E-state index in [1.54, 1.807) is 31.5 Å². The van der Waals surface area contributed by atoms with Crippen molar-refractivity contribution in [1.82, 2.24) is 9.88 Å². The molecule has 0 bridgehead atoms. The Hall–Kier alpha value is -3.78. The highest BCUT2D eigenvalue weighted by atomic mass is 16.5. The van der Waals surface area contributed by atoms with Crippen LogP contribution in [0.3, 0.4) is 0 Å². The molecule has 8 heteroatoms. The van der Waals surface area contributed by atoms with Gasteiger partial charge in [-0.1, -0.05) is 18.2 Å². The number of rotatable bonds is 8. The number of carbonyl (C=O) groups is 2. The number of hydrogen-bond acceptors (Lipinski definition) is 6. The van der Waals surface area contributed by atoms with Gasteiger partial charge in [0.15, 0.2) is 11.5 Å². The van der Waals surface area contributed by atoms with Crippen LogP contribution in [0, 0.1) is 0 Å². The van der Waals surface area contributed by atoms with Crippen molar-refractivity contribution in [3.05, 3.63) is 65.4 Å². The predicted molar refractivity (Wildman–Crippen MR) is 123 cm³/mol. The normalized spacial score (nSPS) is 17.7. The Kier molecular flexibility index (Phi) is 6.37. The monoisotopic (exact) mass is 450 g/mol. The number of H-pyrrole nitrogens is 1. The molecular formula is C25H26N2O6. The molecule has 0 spiro atoms. The van der Waals surface area contributed by atoms with E-state index in [1.165, 1.54) is 19.1 Å². The summed E-state index contributed by atoms with van der Waals surface area (Å²) in [5, 5.41) is 12.1. The van der Waals surface area contributed by atoms with E-state index in [0.717, 1.165) is 16.5 Å².